The lowest BCUT2D eigenvalue weighted by Crippen LogP contribution is -2.33. The number of fused-ring (bicyclic) bond motifs is 1. The summed E-state index contributed by atoms with van der Waals surface area (Å²) >= 11 is 0. The molecule has 7 heteroatoms. The number of nitrogens with zero attached hydrogens (tertiary/aromatic N) is 3. The van der Waals surface area contributed by atoms with Gasteiger partial charge in [-0.15, -0.1) is 0 Å². The number of hydrogen-bond donors (Lipinski definition) is 1. The van der Waals surface area contributed by atoms with Crippen LogP contribution in [-0.4, -0.2) is 63.9 Å². The first kappa shape index (κ1) is 23.0. The van der Waals surface area contributed by atoms with Crippen molar-refractivity contribution in [1.82, 2.24) is 14.8 Å². The summed E-state index contributed by atoms with van der Waals surface area (Å²) in [6.45, 7) is 9.32. The molecule has 1 aromatic carbocycles. The standard InChI is InChI=1S/C26H31N3O4/c1-4-28(5-2)12-7-13-29-23(19-8-6-11-27-16-19)22(25(31)26(29)32)24(30)18-9-10-21-20(15-18)14-17(3)33-21/h6,8-11,15-17,23,30H,4-5,7,12-14H2,1-3H3/b24-22+/t17-,23-/m0/s1. The molecule has 0 spiro atoms. The zero-order chi connectivity index (χ0) is 23.5. The van der Waals surface area contributed by atoms with Crippen LogP contribution in [0.3, 0.4) is 0 Å². The van der Waals surface area contributed by atoms with E-state index in [1.165, 1.54) is 0 Å². The number of carbonyl (C=O) groups excluding carboxylic acids is 2. The Morgan fingerprint density at radius 1 is 1.24 bits per heavy atom. The summed E-state index contributed by atoms with van der Waals surface area (Å²) in [4.78, 5) is 34.3. The smallest absolute Gasteiger partial charge is 0.295 e. The maximum absolute atomic E-state index is 13.1. The zero-order valence-corrected chi connectivity index (χ0v) is 19.5. The van der Waals surface area contributed by atoms with Gasteiger partial charge in [-0.2, -0.15) is 0 Å². The highest BCUT2D eigenvalue weighted by molar-refractivity contribution is 6.46. The predicted octanol–water partition coefficient (Wildman–Crippen LogP) is 3.56. The van der Waals surface area contributed by atoms with E-state index in [4.69, 9.17) is 4.74 Å². The Bertz CT molecular complexity index is 1060. The summed E-state index contributed by atoms with van der Waals surface area (Å²) in [5, 5.41) is 11.3. The fourth-order valence-electron chi connectivity index (χ4n) is 4.72. The van der Waals surface area contributed by atoms with Crippen LogP contribution in [0.15, 0.2) is 48.3 Å². The lowest BCUT2D eigenvalue weighted by Gasteiger charge is -2.26. The van der Waals surface area contributed by atoms with Crippen LogP contribution in [0.25, 0.3) is 5.76 Å². The third-order valence-electron chi connectivity index (χ3n) is 6.48. The van der Waals surface area contributed by atoms with Gasteiger partial charge in [0.15, 0.2) is 0 Å². The maximum atomic E-state index is 13.1. The fraction of sp³-hybridized carbons (Fsp3) is 0.423. The van der Waals surface area contributed by atoms with Crippen LogP contribution >= 0.6 is 0 Å². The lowest BCUT2D eigenvalue weighted by molar-refractivity contribution is -0.140. The molecule has 33 heavy (non-hydrogen) atoms. The van der Waals surface area contributed by atoms with E-state index < -0.39 is 17.7 Å². The molecule has 1 fully saturated rings. The molecule has 0 aliphatic carbocycles. The molecule has 1 aromatic heterocycles. The summed E-state index contributed by atoms with van der Waals surface area (Å²) in [5.41, 5.74) is 2.32. The average Bonchev–Trinajstić information content (AvgIpc) is 3.32. The van der Waals surface area contributed by atoms with Crippen molar-refractivity contribution in [3.05, 3.63) is 65.0 Å². The molecule has 1 N–H and O–H groups in total. The topological polar surface area (TPSA) is 83.0 Å². The quantitative estimate of drug-likeness (QED) is 0.377. The first-order valence-corrected chi connectivity index (χ1v) is 11.6. The SMILES string of the molecule is CCN(CC)CCCN1C(=O)C(=O)/C(=C(/O)c2ccc3c(c2)C[C@H](C)O3)[C@@H]1c1cccnc1. The van der Waals surface area contributed by atoms with Crippen LogP contribution in [-0.2, 0) is 16.0 Å². The van der Waals surface area contributed by atoms with Gasteiger partial charge in [-0.05, 0) is 68.4 Å². The second-order valence-corrected chi connectivity index (χ2v) is 8.61. The molecule has 1 saturated heterocycles. The van der Waals surface area contributed by atoms with E-state index in [-0.39, 0.29) is 17.4 Å². The van der Waals surface area contributed by atoms with Crippen molar-refractivity contribution in [2.75, 3.05) is 26.2 Å². The molecule has 1 amide bonds. The number of hydrogen-bond acceptors (Lipinski definition) is 6. The van der Waals surface area contributed by atoms with E-state index in [1.54, 1.807) is 29.4 Å². The van der Waals surface area contributed by atoms with E-state index in [2.05, 4.69) is 23.7 Å². The van der Waals surface area contributed by atoms with Gasteiger partial charge in [0.05, 0.1) is 11.6 Å². The summed E-state index contributed by atoms with van der Waals surface area (Å²) in [7, 11) is 0. The number of likely N-dealkylation sites (tertiary alicyclic amines) is 1. The van der Waals surface area contributed by atoms with Crippen molar-refractivity contribution < 1.29 is 19.4 Å². The van der Waals surface area contributed by atoms with Crippen molar-refractivity contribution in [1.29, 1.82) is 0 Å². The Balaban J connectivity index is 1.71. The minimum Gasteiger partial charge on any atom is -0.507 e. The minimum atomic E-state index is -0.668. The first-order valence-electron chi connectivity index (χ1n) is 11.6. The predicted molar refractivity (Wildman–Crippen MR) is 126 cm³/mol. The van der Waals surface area contributed by atoms with Crippen molar-refractivity contribution in [2.24, 2.45) is 0 Å². The Morgan fingerprint density at radius 3 is 2.73 bits per heavy atom. The van der Waals surface area contributed by atoms with Crippen LogP contribution in [0.2, 0.25) is 0 Å². The Labute approximate surface area is 194 Å². The van der Waals surface area contributed by atoms with Gasteiger partial charge < -0.3 is 19.6 Å². The van der Waals surface area contributed by atoms with Crippen molar-refractivity contribution in [3.8, 4) is 5.75 Å². The van der Waals surface area contributed by atoms with Gasteiger partial charge in [-0.1, -0.05) is 19.9 Å². The number of ketones is 1. The maximum Gasteiger partial charge on any atom is 0.295 e. The van der Waals surface area contributed by atoms with Crippen LogP contribution in [0.5, 0.6) is 5.75 Å². The third-order valence-corrected chi connectivity index (χ3v) is 6.48. The minimum absolute atomic E-state index is 0.0733. The largest absolute Gasteiger partial charge is 0.507 e. The number of carbonyl (C=O) groups is 2. The van der Waals surface area contributed by atoms with Gasteiger partial charge in [0.1, 0.15) is 17.6 Å². The molecule has 0 unspecified atom stereocenters. The highest BCUT2D eigenvalue weighted by Crippen LogP contribution is 2.40. The van der Waals surface area contributed by atoms with Gasteiger partial charge in [-0.3, -0.25) is 14.6 Å². The van der Waals surface area contributed by atoms with Gasteiger partial charge in [-0.25, -0.2) is 0 Å². The second kappa shape index (κ2) is 9.75. The van der Waals surface area contributed by atoms with Crippen molar-refractivity contribution in [2.45, 2.75) is 45.8 Å². The number of Topliss-reactive ketones (excluding diaryl/α,β-unsaturated/α-hetero) is 1. The number of amides is 1. The van der Waals surface area contributed by atoms with E-state index in [0.717, 1.165) is 43.8 Å². The lowest BCUT2D eigenvalue weighted by atomic mass is 9.95. The number of aliphatic hydroxyl groups is 1. The summed E-state index contributed by atoms with van der Waals surface area (Å²) in [5.74, 6) is -0.604. The normalized spacial score (nSPS) is 21.5. The molecule has 174 valence electrons. The van der Waals surface area contributed by atoms with Crippen LogP contribution in [0, 0.1) is 0 Å². The van der Waals surface area contributed by atoms with Crippen molar-refractivity contribution in [3.63, 3.8) is 0 Å². The number of benzene rings is 1. The molecule has 2 aromatic rings. The molecule has 0 saturated carbocycles. The van der Waals surface area contributed by atoms with E-state index in [9.17, 15) is 14.7 Å². The Kier molecular flexibility index (Phi) is 6.79. The molecule has 0 bridgehead atoms. The number of aromatic nitrogens is 1. The molecule has 2 aliphatic heterocycles. The first-order chi connectivity index (χ1) is 15.9. The summed E-state index contributed by atoms with van der Waals surface area (Å²) < 4.78 is 5.76. The monoisotopic (exact) mass is 449 g/mol. The molecule has 4 rings (SSSR count). The van der Waals surface area contributed by atoms with E-state index in [0.29, 0.717) is 17.7 Å². The third kappa shape index (κ3) is 4.50. The number of aliphatic hydroxyl groups excluding tert-OH is 1. The van der Waals surface area contributed by atoms with Crippen molar-refractivity contribution >= 4 is 17.4 Å². The van der Waals surface area contributed by atoms with Crippen LogP contribution in [0.1, 0.15) is 49.9 Å². The highest BCUT2D eigenvalue weighted by Gasteiger charge is 2.46. The molecule has 3 heterocycles. The van der Waals surface area contributed by atoms with Gasteiger partial charge in [0.25, 0.3) is 11.7 Å². The number of pyridine rings is 1. The number of rotatable bonds is 8. The molecule has 2 atom stereocenters. The molecular weight excluding hydrogens is 418 g/mol. The molecule has 2 aliphatic rings. The summed E-state index contributed by atoms with van der Waals surface area (Å²) in [6, 6.07) is 8.35. The fourth-order valence-corrected chi connectivity index (χ4v) is 4.72. The van der Waals surface area contributed by atoms with Gasteiger partial charge in [0, 0.05) is 30.9 Å². The highest BCUT2D eigenvalue weighted by atomic mass is 16.5. The Hall–Kier alpha value is -3.19. The average molecular weight is 450 g/mol. The summed E-state index contributed by atoms with van der Waals surface area (Å²) in [6.07, 6.45) is 4.85. The van der Waals surface area contributed by atoms with Crippen LogP contribution < -0.4 is 4.74 Å². The molecule has 0 radical (unpaired) electrons. The van der Waals surface area contributed by atoms with E-state index >= 15 is 0 Å². The van der Waals surface area contributed by atoms with E-state index in [1.807, 2.05) is 25.1 Å². The second-order valence-electron chi connectivity index (χ2n) is 8.61. The van der Waals surface area contributed by atoms with Gasteiger partial charge in [0.2, 0.25) is 0 Å². The number of ether oxygens (including phenoxy) is 1. The zero-order valence-electron chi connectivity index (χ0n) is 19.5. The van der Waals surface area contributed by atoms with Gasteiger partial charge >= 0.3 is 0 Å². The van der Waals surface area contributed by atoms with Crippen LogP contribution in [0.4, 0.5) is 0 Å². The Morgan fingerprint density at radius 2 is 2.03 bits per heavy atom. The molecular formula is C26H31N3O4. The molecule has 7 nitrogen and oxygen atoms in total.